The van der Waals surface area contributed by atoms with Gasteiger partial charge in [-0.25, -0.2) is 17.2 Å². The normalized spacial score (nSPS) is 17.5. The average molecular weight is 542 g/mol. The second-order valence-electron chi connectivity index (χ2n) is 9.06. The Labute approximate surface area is 218 Å². The molecule has 6 nitrogen and oxygen atoms in total. The minimum atomic E-state index is -4.05. The molecule has 0 unspecified atom stereocenters. The van der Waals surface area contributed by atoms with E-state index in [4.69, 9.17) is 0 Å². The summed E-state index contributed by atoms with van der Waals surface area (Å²) in [7, 11) is -1.93. The number of sulfone groups is 1. The first kappa shape index (κ1) is 25.4. The topological polar surface area (TPSA) is 69.7 Å². The molecule has 1 N–H and O–H groups in total. The number of amides is 1. The monoisotopic (exact) mass is 541 g/mol. The van der Waals surface area contributed by atoms with Crippen LogP contribution >= 0.6 is 11.8 Å². The number of carbonyl (C=O) groups is 1. The molecule has 5 rings (SSSR count). The van der Waals surface area contributed by atoms with E-state index in [-0.39, 0.29) is 10.8 Å². The summed E-state index contributed by atoms with van der Waals surface area (Å²) in [5.41, 5.74) is 1.85. The van der Waals surface area contributed by atoms with Gasteiger partial charge in [0.1, 0.15) is 11.6 Å². The molecule has 192 valence electrons. The minimum Gasteiger partial charge on any atom is -0.369 e. The molecule has 1 saturated heterocycles. The van der Waals surface area contributed by atoms with Crippen LogP contribution in [0, 0.1) is 11.6 Å². The SMILES string of the molecule is CN1CCN(c2ccc(/C=C3\Sc4ccc(S(=O)(=O)Cc5c(F)cccc5F)cc4NC3=O)cc2)CC1. The summed E-state index contributed by atoms with van der Waals surface area (Å²) in [6.45, 7) is 3.98. The third-order valence-electron chi connectivity index (χ3n) is 6.46. The number of nitrogens with zero attached hydrogens (tertiary/aromatic N) is 2. The fourth-order valence-electron chi connectivity index (χ4n) is 4.27. The molecule has 0 aromatic heterocycles. The molecule has 2 heterocycles. The molecule has 2 aliphatic heterocycles. The molecule has 0 radical (unpaired) electrons. The van der Waals surface area contributed by atoms with Crippen LogP contribution in [0.3, 0.4) is 0 Å². The maximum absolute atomic E-state index is 14.0. The smallest absolute Gasteiger partial charge is 0.262 e. The number of piperazine rings is 1. The van der Waals surface area contributed by atoms with E-state index in [0.717, 1.165) is 49.6 Å². The Morgan fingerprint density at radius 2 is 1.65 bits per heavy atom. The average Bonchev–Trinajstić information content (AvgIpc) is 2.87. The number of nitrogens with one attached hydrogen (secondary N) is 1. The van der Waals surface area contributed by atoms with Crippen LogP contribution < -0.4 is 10.2 Å². The lowest BCUT2D eigenvalue weighted by Crippen LogP contribution is -2.44. The molecule has 0 spiro atoms. The van der Waals surface area contributed by atoms with Crippen molar-refractivity contribution >= 4 is 45.0 Å². The number of likely N-dealkylation sites (N-methyl/N-ethyl adjacent to an activating group) is 1. The van der Waals surface area contributed by atoms with Crippen LogP contribution in [0.1, 0.15) is 11.1 Å². The Balaban J connectivity index is 1.33. The van der Waals surface area contributed by atoms with E-state index < -0.39 is 32.8 Å². The number of hydrogen-bond donors (Lipinski definition) is 1. The predicted molar refractivity (Wildman–Crippen MR) is 142 cm³/mol. The zero-order chi connectivity index (χ0) is 26.2. The fraction of sp³-hybridized carbons (Fsp3) is 0.222. The Morgan fingerprint density at radius 3 is 2.32 bits per heavy atom. The van der Waals surface area contributed by atoms with Gasteiger partial charge in [-0.05, 0) is 61.2 Å². The molecule has 0 aliphatic carbocycles. The Bertz CT molecular complexity index is 1460. The molecular weight excluding hydrogens is 516 g/mol. The number of halogens is 2. The van der Waals surface area contributed by atoms with E-state index in [1.54, 1.807) is 12.1 Å². The van der Waals surface area contributed by atoms with Crippen LogP contribution in [0.4, 0.5) is 20.2 Å². The van der Waals surface area contributed by atoms with Gasteiger partial charge < -0.3 is 15.1 Å². The van der Waals surface area contributed by atoms with Crippen molar-refractivity contribution in [2.45, 2.75) is 15.5 Å². The Morgan fingerprint density at radius 1 is 0.973 bits per heavy atom. The standard InChI is InChI=1S/C27H25F2N3O3S2/c1-31-11-13-32(14-12-31)19-7-5-18(6-8-19)15-26-27(33)30-24-16-20(9-10-25(24)36-26)37(34,35)17-21-22(28)3-2-4-23(21)29/h2-10,15-16H,11-14,17H2,1H3,(H,30,33)/b26-15-. The molecule has 3 aromatic carbocycles. The van der Waals surface area contributed by atoms with Gasteiger partial charge in [0, 0.05) is 42.3 Å². The Kier molecular flexibility index (Phi) is 7.06. The first-order valence-corrected chi connectivity index (χ1v) is 14.2. The summed E-state index contributed by atoms with van der Waals surface area (Å²) < 4.78 is 53.7. The van der Waals surface area contributed by atoms with Crippen molar-refractivity contribution in [2.24, 2.45) is 0 Å². The highest BCUT2D eigenvalue weighted by molar-refractivity contribution is 8.04. The van der Waals surface area contributed by atoms with Crippen molar-refractivity contribution in [1.82, 2.24) is 4.90 Å². The quantitative estimate of drug-likeness (QED) is 0.469. The van der Waals surface area contributed by atoms with Gasteiger partial charge >= 0.3 is 0 Å². The number of carbonyl (C=O) groups excluding carboxylic acids is 1. The van der Waals surface area contributed by atoms with Crippen LogP contribution in [-0.4, -0.2) is 52.5 Å². The summed E-state index contributed by atoms with van der Waals surface area (Å²) in [5, 5.41) is 2.74. The van der Waals surface area contributed by atoms with Gasteiger partial charge in [0.25, 0.3) is 5.91 Å². The summed E-state index contributed by atoms with van der Waals surface area (Å²) in [6.07, 6.45) is 1.79. The zero-order valence-electron chi connectivity index (χ0n) is 20.1. The van der Waals surface area contributed by atoms with Crippen LogP contribution in [0.2, 0.25) is 0 Å². The zero-order valence-corrected chi connectivity index (χ0v) is 21.7. The van der Waals surface area contributed by atoms with Gasteiger partial charge in [-0.1, -0.05) is 30.0 Å². The lowest BCUT2D eigenvalue weighted by Gasteiger charge is -2.34. The van der Waals surface area contributed by atoms with E-state index in [0.29, 0.717) is 15.5 Å². The first-order chi connectivity index (χ1) is 17.7. The minimum absolute atomic E-state index is 0.123. The molecule has 0 saturated carbocycles. The van der Waals surface area contributed by atoms with Crippen molar-refractivity contribution in [3.05, 3.63) is 88.3 Å². The number of thioether (sulfide) groups is 1. The number of hydrogen-bond acceptors (Lipinski definition) is 6. The molecular formula is C27H25F2N3O3S2. The van der Waals surface area contributed by atoms with Crippen molar-refractivity contribution in [2.75, 3.05) is 43.4 Å². The third-order valence-corrected chi connectivity index (χ3v) is 9.20. The van der Waals surface area contributed by atoms with E-state index in [2.05, 4.69) is 22.2 Å². The van der Waals surface area contributed by atoms with Gasteiger partial charge in [0.05, 0.1) is 21.2 Å². The fourth-order valence-corrected chi connectivity index (χ4v) is 6.60. The Hall–Kier alpha value is -3.21. The number of rotatable bonds is 5. The number of benzene rings is 3. The van der Waals surface area contributed by atoms with Crippen molar-refractivity contribution in [3.63, 3.8) is 0 Å². The van der Waals surface area contributed by atoms with Gasteiger partial charge in [0.2, 0.25) is 0 Å². The van der Waals surface area contributed by atoms with E-state index in [1.165, 1.54) is 30.0 Å². The molecule has 37 heavy (non-hydrogen) atoms. The third kappa shape index (κ3) is 5.56. The number of fused-ring (bicyclic) bond motifs is 1. The van der Waals surface area contributed by atoms with Crippen LogP contribution in [0.25, 0.3) is 6.08 Å². The lowest BCUT2D eigenvalue weighted by molar-refractivity contribution is -0.112. The molecule has 0 bridgehead atoms. The maximum Gasteiger partial charge on any atom is 0.262 e. The molecule has 1 amide bonds. The van der Waals surface area contributed by atoms with Crippen molar-refractivity contribution < 1.29 is 22.0 Å². The molecule has 1 fully saturated rings. The second-order valence-corrected chi connectivity index (χ2v) is 12.1. The summed E-state index contributed by atoms with van der Waals surface area (Å²) >= 11 is 1.24. The first-order valence-electron chi connectivity index (χ1n) is 11.7. The summed E-state index contributed by atoms with van der Waals surface area (Å²) in [5.74, 6) is -3.01. The molecule has 3 aromatic rings. The van der Waals surface area contributed by atoms with E-state index in [1.807, 2.05) is 24.3 Å². The molecule has 0 atom stereocenters. The van der Waals surface area contributed by atoms with E-state index >= 15 is 0 Å². The largest absolute Gasteiger partial charge is 0.369 e. The number of anilines is 2. The molecule has 2 aliphatic rings. The van der Waals surface area contributed by atoms with E-state index in [9.17, 15) is 22.0 Å². The lowest BCUT2D eigenvalue weighted by atomic mass is 10.1. The highest BCUT2D eigenvalue weighted by Crippen LogP contribution is 2.40. The predicted octanol–water partition coefficient (Wildman–Crippen LogP) is 4.78. The van der Waals surface area contributed by atoms with Crippen molar-refractivity contribution in [1.29, 1.82) is 0 Å². The maximum atomic E-state index is 14.0. The highest BCUT2D eigenvalue weighted by Gasteiger charge is 2.26. The summed E-state index contributed by atoms with van der Waals surface area (Å²) in [6, 6.07) is 15.6. The van der Waals surface area contributed by atoms with Crippen LogP contribution in [-0.2, 0) is 20.4 Å². The van der Waals surface area contributed by atoms with Gasteiger partial charge in [-0.2, -0.15) is 0 Å². The molecule has 10 heteroatoms. The second kappa shape index (κ2) is 10.3. The van der Waals surface area contributed by atoms with Gasteiger partial charge in [0.15, 0.2) is 9.84 Å². The van der Waals surface area contributed by atoms with Gasteiger partial charge in [-0.3, -0.25) is 4.79 Å². The summed E-state index contributed by atoms with van der Waals surface area (Å²) in [4.78, 5) is 18.4. The van der Waals surface area contributed by atoms with Crippen molar-refractivity contribution in [3.8, 4) is 0 Å². The van der Waals surface area contributed by atoms with Crippen LogP contribution in [0.15, 0.2) is 75.4 Å². The van der Waals surface area contributed by atoms with Crippen LogP contribution in [0.5, 0.6) is 0 Å². The van der Waals surface area contributed by atoms with Gasteiger partial charge in [-0.15, -0.1) is 0 Å². The highest BCUT2D eigenvalue weighted by atomic mass is 32.2.